The molecule has 0 spiro atoms. The van der Waals surface area contributed by atoms with Crippen LogP contribution in [-0.4, -0.2) is 11.0 Å². The summed E-state index contributed by atoms with van der Waals surface area (Å²) in [6.07, 6.45) is 0. The van der Waals surface area contributed by atoms with Gasteiger partial charge in [-0.25, -0.2) is 0 Å². The van der Waals surface area contributed by atoms with E-state index in [4.69, 9.17) is 27.3 Å². The molecule has 0 fully saturated rings. The van der Waals surface area contributed by atoms with Crippen molar-refractivity contribution < 1.29 is 9.94 Å². The van der Waals surface area contributed by atoms with Gasteiger partial charge in [-0.15, -0.1) is 0 Å². The Hall–Kier alpha value is -1.24. The van der Waals surface area contributed by atoms with Crippen LogP contribution in [0.2, 0.25) is 5.02 Å². The van der Waals surface area contributed by atoms with Gasteiger partial charge in [0, 0.05) is 10.0 Å². The molecule has 0 unspecified atom stereocenters. The number of hydrogen-bond donors (Lipinski definition) is 2. The Morgan fingerprint density at radius 3 is 2.45 bits per heavy atom. The smallest absolute Gasteiger partial charge is 0.170 e. The lowest BCUT2D eigenvalue weighted by atomic mass is 10.2. The maximum atomic E-state index is 8.62. The zero-order valence-electron chi connectivity index (χ0n) is 9.98. The number of amidine groups is 1. The zero-order chi connectivity index (χ0) is 14.7. The van der Waals surface area contributed by atoms with E-state index in [9.17, 15) is 0 Å². The maximum Gasteiger partial charge on any atom is 0.170 e. The molecule has 2 rings (SSSR count). The highest BCUT2D eigenvalue weighted by Crippen LogP contribution is 2.35. The van der Waals surface area contributed by atoms with E-state index < -0.39 is 0 Å². The Bertz CT molecular complexity index is 677. The molecular weight excluding hydrogens is 411 g/mol. The lowest BCUT2D eigenvalue weighted by molar-refractivity contribution is 0.318. The molecule has 4 nitrogen and oxygen atoms in total. The number of rotatable bonds is 3. The van der Waals surface area contributed by atoms with Crippen LogP contribution in [0.1, 0.15) is 5.56 Å². The van der Waals surface area contributed by atoms with Crippen LogP contribution in [0.15, 0.2) is 50.5 Å². The van der Waals surface area contributed by atoms with E-state index in [1.165, 1.54) is 0 Å². The number of ether oxygens (including phenoxy) is 1. The van der Waals surface area contributed by atoms with Gasteiger partial charge in [0.25, 0.3) is 0 Å². The van der Waals surface area contributed by atoms with E-state index in [-0.39, 0.29) is 5.84 Å². The largest absolute Gasteiger partial charge is 0.455 e. The number of hydrogen-bond acceptors (Lipinski definition) is 3. The normalized spacial score (nSPS) is 11.4. The molecule has 2 aromatic carbocycles. The summed E-state index contributed by atoms with van der Waals surface area (Å²) in [6, 6.07) is 10.4. The van der Waals surface area contributed by atoms with Crippen LogP contribution in [0.4, 0.5) is 0 Å². The average Bonchev–Trinajstić information content (AvgIpc) is 2.42. The van der Waals surface area contributed by atoms with Gasteiger partial charge in [-0.05, 0) is 52.3 Å². The van der Waals surface area contributed by atoms with E-state index in [0.29, 0.717) is 22.1 Å². The monoisotopic (exact) mass is 418 g/mol. The molecule has 0 aliphatic rings. The molecule has 0 saturated heterocycles. The molecule has 20 heavy (non-hydrogen) atoms. The lowest BCUT2D eigenvalue weighted by Gasteiger charge is -2.10. The molecule has 0 radical (unpaired) electrons. The van der Waals surface area contributed by atoms with Crippen LogP contribution < -0.4 is 10.5 Å². The second-order valence-corrected chi connectivity index (χ2v) is 5.98. The van der Waals surface area contributed by atoms with Crippen molar-refractivity contribution in [3.05, 3.63) is 55.9 Å². The fraction of sp³-hybridized carbons (Fsp3) is 0. The van der Waals surface area contributed by atoms with E-state index in [1.807, 2.05) is 18.2 Å². The van der Waals surface area contributed by atoms with Crippen molar-refractivity contribution in [2.45, 2.75) is 0 Å². The summed E-state index contributed by atoms with van der Waals surface area (Å²) in [6.45, 7) is 0. The Labute approximate surface area is 137 Å². The topological polar surface area (TPSA) is 67.8 Å². The number of oxime groups is 1. The molecule has 3 N–H and O–H groups in total. The summed E-state index contributed by atoms with van der Waals surface area (Å²) in [5, 5.41) is 11.9. The number of benzene rings is 2. The third-order valence-corrected chi connectivity index (χ3v) is 3.86. The predicted octanol–water partition coefficient (Wildman–Crippen LogP) is 4.75. The number of halogens is 3. The van der Waals surface area contributed by atoms with Gasteiger partial charge >= 0.3 is 0 Å². The van der Waals surface area contributed by atoms with Crippen molar-refractivity contribution in [3.8, 4) is 11.5 Å². The first-order valence-electron chi connectivity index (χ1n) is 5.41. The summed E-state index contributed by atoms with van der Waals surface area (Å²) < 4.78 is 7.45. The number of nitrogens with two attached hydrogens (primary N) is 1. The van der Waals surface area contributed by atoms with Gasteiger partial charge < -0.3 is 15.7 Å². The van der Waals surface area contributed by atoms with Crippen molar-refractivity contribution in [3.63, 3.8) is 0 Å². The fourth-order valence-corrected chi connectivity index (χ4v) is 2.82. The van der Waals surface area contributed by atoms with Gasteiger partial charge in [0.15, 0.2) is 5.84 Å². The molecule has 0 atom stereocenters. The Kier molecular flexibility index (Phi) is 4.91. The van der Waals surface area contributed by atoms with Crippen molar-refractivity contribution in [1.29, 1.82) is 0 Å². The van der Waals surface area contributed by atoms with Crippen LogP contribution in [0, 0.1) is 0 Å². The molecular formula is C13H9Br2ClN2O2. The summed E-state index contributed by atoms with van der Waals surface area (Å²) in [4.78, 5) is 0. The minimum Gasteiger partial charge on any atom is -0.455 e. The van der Waals surface area contributed by atoms with Crippen molar-refractivity contribution in [2.24, 2.45) is 10.9 Å². The molecule has 0 amide bonds. The zero-order valence-corrected chi connectivity index (χ0v) is 13.9. The summed E-state index contributed by atoms with van der Waals surface area (Å²) in [5.41, 5.74) is 6.01. The average molecular weight is 420 g/mol. The molecule has 2 aromatic rings. The van der Waals surface area contributed by atoms with Gasteiger partial charge in [0.1, 0.15) is 11.5 Å². The molecule has 7 heteroatoms. The summed E-state index contributed by atoms with van der Waals surface area (Å²) in [5.74, 6) is 1.10. The van der Waals surface area contributed by atoms with Crippen molar-refractivity contribution in [1.82, 2.24) is 0 Å². The highest BCUT2D eigenvalue weighted by atomic mass is 79.9. The van der Waals surface area contributed by atoms with Gasteiger partial charge in [-0.2, -0.15) is 0 Å². The van der Waals surface area contributed by atoms with Gasteiger partial charge in [0.05, 0.1) is 9.50 Å². The molecule has 0 saturated carbocycles. The Morgan fingerprint density at radius 1 is 1.15 bits per heavy atom. The molecule has 0 aromatic heterocycles. The van der Waals surface area contributed by atoms with Gasteiger partial charge in [-0.3, -0.25) is 0 Å². The first kappa shape index (κ1) is 15.2. The van der Waals surface area contributed by atoms with Crippen LogP contribution in [0.5, 0.6) is 11.5 Å². The molecule has 0 bridgehead atoms. The van der Waals surface area contributed by atoms with Crippen LogP contribution in [0.25, 0.3) is 0 Å². The van der Waals surface area contributed by atoms with E-state index in [2.05, 4.69) is 37.0 Å². The second-order valence-electron chi connectivity index (χ2n) is 3.81. The molecule has 0 heterocycles. The van der Waals surface area contributed by atoms with Crippen LogP contribution in [-0.2, 0) is 0 Å². The third-order valence-electron chi connectivity index (χ3n) is 2.45. The molecule has 0 aliphatic heterocycles. The predicted molar refractivity (Wildman–Crippen MR) is 85.9 cm³/mol. The second kappa shape index (κ2) is 6.47. The quantitative estimate of drug-likeness (QED) is 0.326. The number of nitrogens with zero attached hydrogens (tertiary/aromatic N) is 1. The maximum absolute atomic E-state index is 8.62. The molecule has 0 aliphatic carbocycles. The highest BCUT2D eigenvalue weighted by molar-refractivity contribution is 9.11. The molecule has 104 valence electrons. The Balaban J connectivity index is 2.30. The van der Waals surface area contributed by atoms with Gasteiger partial charge in [0.2, 0.25) is 0 Å². The SMILES string of the molecule is NC(=NO)c1ccc(Oc2ccc(Br)cc2Br)c(Cl)c1. The summed E-state index contributed by atoms with van der Waals surface area (Å²) in [7, 11) is 0. The highest BCUT2D eigenvalue weighted by Gasteiger charge is 2.09. The van der Waals surface area contributed by atoms with E-state index in [0.717, 1.165) is 8.95 Å². The standard InChI is InChI=1S/C13H9Br2ClN2O2/c14-8-2-4-11(9(15)6-8)20-12-3-1-7(5-10(12)16)13(17)18-19/h1-6,19H,(H2,17,18). The van der Waals surface area contributed by atoms with Crippen LogP contribution in [0.3, 0.4) is 0 Å². The van der Waals surface area contributed by atoms with E-state index in [1.54, 1.807) is 18.2 Å². The van der Waals surface area contributed by atoms with Crippen molar-refractivity contribution >= 4 is 49.3 Å². The fourth-order valence-electron chi connectivity index (χ4n) is 1.48. The summed E-state index contributed by atoms with van der Waals surface area (Å²) >= 11 is 12.9. The third kappa shape index (κ3) is 3.45. The minimum atomic E-state index is -0.0109. The lowest BCUT2D eigenvalue weighted by Crippen LogP contribution is -2.12. The van der Waals surface area contributed by atoms with Gasteiger partial charge in [-0.1, -0.05) is 32.7 Å². The van der Waals surface area contributed by atoms with E-state index >= 15 is 0 Å². The first-order chi connectivity index (χ1) is 9.51. The van der Waals surface area contributed by atoms with Crippen molar-refractivity contribution in [2.75, 3.05) is 0 Å². The van der Waals surface area contributed by atoms with Crippen LogP contribution >= 0.6 is 43.5 Å². The Morgan fingerprint density at radius 2 is 1.85 bits per heavy atom. The first-order valence-corrected chi connectivity index (χ1v) is 7.38. The minimum absolute atomic E-state index is 0.0109.